The number of nitrogens with one attached hydrogen (secondary N) is 2. The number of halogens is 3. The Balaban J connectivity index is 2.29. The molecule has 0 bridgehead atoms. The lowest BCUT2D eigenvalue weighted by molar-refractivity contribution is -0.132. The number of rotatable bonds is 4. The quantitative estimate of drug-likeness (QED) is 0.889. The highest BCUT2D eigenvalue weighted by atomic mass is 19.4. The number of imidazole rings is 1. The van der Waals surface area contributed by atoms with E-state index < -0.39 is 12.6 Å². The molecule has 9 heteroatoms. The molecule has 0 radical (unpaired) electrons. The maximum atomic E-state index is 12.2. The molecule has 0 spiro atoms. The smallest absolute Gasteiger partial charge is 0.357 e. The Morgan fingerprint density at radius 3 is 2.74 bits per heavy atom. The van der Waals surface area contributed by atoms with Gasteiger partial charge in [-0.15, -0.1) is 0 Å². The summed E-state index contributed by atoms with van der Waals surface area (Å²) in [5.74, 6) is 0.699. The number of alkyl halides is 3. The minimum Gasteiger partial charge on any atom is -0.357 e. The Labute approximate surface area is 107 Å². The minimum absolute atomic E-state index is 0.183. The fraction of sp³-hybridized carbons (Fsp3) is 0.500. The van der Waals surface area contributed by atoms with Gasteiger partial charge in [0.25, 0.3) is 0 Å². The summed E-state index contributed by atoms with van der Waals surface area (Å²) in [6, 6.07) is 0. The molecule has 0 amide bonds. The van der Waals surface area contributed by atoms with Crippen molar-refractivity contribution in [2.24, 2.45) is 0 Å². The van der Waals surface area contributed by atoms with E-state index in [-0.39, 0.29) is 6.54 Å². The molecule has 0 aliphatic rings. The van der Waals surface area contributed by atoms with Gasteiger partial charge in [-0.05, 0) is 0 Å². The van der Waals surface area contributed by atoms with Crippen LogP contribution in [0.2, 0.25) is 0 Å². The molecular formula is C10H13F3N6. The van der Waals surface area contributed by atoms with Gasteiger partial charge in [0.15, 0.2) is 11.5 Å². The van der Waals surface area contributed by atoms with E-state index in [2.05, 4.69) is 25.3 Å². The summed E-state index contributed by atoms with van der Waals surface area (Å²) >= 11 is 0. The highest BCUT2D eigenvalue weighted by Gasteiger charge is 2.28. The molecule has 0 unspecified atom stereocenters. The van der Waals surface area contributed by atoms with Crippen molar-refractivity contribution in [3.63, 3.8) is 0 Å². The lowest BCUT2D eigenvalue weighted by Crippen LogP contribution is -2.25. The van der Waals surface area contributed by atoms with Crippen LogP contribution in [-0.2, 0) is 0 Å². The lowest BCUT2D eigenvalue weighted by Gasteiger charge is -2.19. The number of hydrogen-bond donors (Lipinski definition) is 2. The second-order valence-electron chi connectivity index (χ2n) is 4.01. The molecule has 2 heterocycles. The number of aromatic nitrogens is 4. The van der Waals surface area contributed by atoms with Crippen LogP contribution in [0.4, 0.5) is 24.9 Å². The monoisotopic (exact) mass is 274 g/mol. The molecule has 0 aliphatic heterocycles. The van der Waals surface area contributed by atoms with Crippen LogP contribution >= 0.6 is 0 Å². The van der Waals surface area contributed by atoms with E-state index in [4.69, 9.17) is 0 Å². The molecule has 2 aromatic heterocycles. The molecule has 2 aromatic rings. The molecule has 104 valence electrons. The Morgan fingerprint density at radius 2 is 2.11 bits per heavy atom. The summed E-state index contributed by atoms with van der Waals surface area (Å²) in [6.45, 7) is -0.183. The third-order valence-electron chi connectivity index (χ3n) is 2.58. The minimum atomic E-state index is -4.19. The van der Waals surface area contributed by atoms with Crippen molar-refractivity contribution >= 4 is 22.9 Å². The van der Waals surface area contributed by atoms with Crippen LogP contribution in [0, 0.1) is 0 Å². The molecule has 0 atom stereocenters. The van der Waals surface area contributed by atoms with Gasteiger partial charge in [0.05, 0.1) is 12.7 Å². The zero-order chi connectivity index (χ0) is 14.0. The summed E-state index contributed by atoms with van der Waals surface area (Å²) in [5, 5.41) is 2.75. The zero-order valence-corrected chi connectivity index (χ0v) is 10.4. The van der Waals surface area contributed by atoms with Gasteiger partial charge >= 0.3 is 6.18 Å². The summed E-state index contributed by atoms with van der Waals surface area (Å²) < 4.78 is 36.7. The molecule has 2 N–H and O–H groups in total. The highest BCUT2D eigenvalue weighted by Crippen LogP contribution is 2.24. The molecule has 0 aromatic carbocycles. The number of fused-ring (bicyclic) bond motifs is 1. The summed E-state index contributed by atoms with van der Waals surface area (Å²) in [5.41, 5.74) is 0.928. The lowest BCUT2D eigenvalue weighted by atomic mass is 10.3. The summed E-state index contributed by atoms with van der Waals surface area (Å²) in [7, 11) is 3.18. The van der Waals surface area contributed by atoms with Crippen LogP contribution in [0.25, 0.3) is 11.2 Å². The van der Waals surface area contributed by atoms with Crippen molar-refractivity contribution in [2.75, 3.05) is 30.9 Å². The van der Waals surface area contributed by atoms with Crippen LogP contribution in [0.15, 0.2) is 6.33 Å². The van der Waals surface area contributed by atoms with Crippen LogP contribution in [0.5, 0.6) is 0 Å². The van der Waals surface area contributed by atoms with Gasteiger partial charge in [-0.3, -0.25) is 0 Å². The maximum absolute atomic E-state index is 12.2. The third-order valence-corrected chi connectivity index (χ3v) is 2.58. The van der Waals surface area contributed by atoms with Gasteiger partial charge in [0.1, 0.15) is 5.52 Å². The van der Waals surface area contributed by atoms with Crippen LogP contribution < -0.4 is 10.2 Å². The predicted molar refractivity (Wildman–Crippen MR) is 65.2 cm³/mol. The average Bonchev–Trinajstić information content (AvgIpc) is 2.81. The predicted octanol–water partition coefficient (Wildman–Crippen LogP) is 1.78. The van der Waals surface area contributed by atoms with Crippen molar-refractivity contribution in [3.8, 4) is 0 Å². The first-order valence-corrected chi connectivity index (χ1v) is 5.57. The highest BCUT2D eigenvalue weighted by molar-refractivity contribution is 5.84. The molecular weight excluding hydrogens is 261 g/mol. The Morgan fingerprint density at radius 1 is 1.37 bits per heavy atom. The van der Waals surface area contributed by atoms with Crippen LogP contribution in [0.1, 0.15) is 6.42 Å². The van der Waals surface area contributed by atoms with E-state index in [0.29, 0.717) is 22.9 Å². The fourth-order valence-corrected chi connectivity index (χ4v) is 1.61. The second-order valence-corrected chi connectivity index (χ2v) is 4.01. The zero-order valence-electron chi connectivity index (χ0n) is 10.4. The number of hydrogen-bond acceptors (Lipinski definition) is 5. The number of nitrogens with zero attached hydrogens (tertiary/aromatic N) is 4. The van der Waals surface area contributed by atoms with E-state index in [1.165, 1.54) is 11.2 Å². The standard InChI is InChI=1S/C10H13F3N6/c1-14-9-17-7-6(15-5-16-7)8(18-9)19(2)4-3-10(11,12)13/h5H,3-4H2,1-2H3,(H2,14,15,16,17,18). The normalized spacial score (nSPS) is 11.8. The number of aromatic amines is 1. The third kappa shape index (κ3) is 3.04. The van der Waals surface area contributed by atoms with Crippen molar-refractivity contribution in [1.82, 2.24) is 19.9 Å². The summed E-state index contributed by atoms with van der Waals surface area (Å²) in [4.78, 5) is 16.5. The second kappa shape index (κ2) is 4.90. The van der Waals surface area contributed by atoms with Crippen molar-refractivity contribution in [3.05, 3.63) is 6.33 Å². The number of anilines is 2. The SMILES string of the molecule is CNc1nc(N(C)CCC(F)(F)F)c2[nH]cnc2n1. The average molecular weight is 274 g/mol. The van der Waals surface area contributed by atoms with E-state index in [9.17, 15) is 13.2 Å². The van der Waals surface area contributed by atoms with Gasteiger partial charge in [-0.1, -0.05) is 0 Å². The van der Waals surface area contributed by atoms with Gasteiger partial charge < -0.3 is 15.2 Å². The van der Waals surface area contributed by atoms with Crippen molar-refractivity contribution in [2.45, 2.75) is 12.6 Å². The topological polar surface area (TPSA) is 69.7 Å². The Kier molecular flexibility index (Phi) is 3.45. The number of H-pyrrole nitrogens is 1. The van der Waals surface area contributed by atoms with E-state index in [1.807, 2.05) is 0 Å². The van der Waals surface area contributed by atoms with Gasteiger partial charge in [0.2, 0.25) is 5.95 Å². The van der Waals surface area contributed by atoms with Crippen molar-refractivity contribution < 1.29 is 13.2 Å². The maximum Gasteiger partial charge on any atom is 0.390 e. The van der Waals surface area contributed by atoms with Gasteiger partial charge in [-0.2, -0.15) is 23.1 Å². The molecule has 0 aliphatic carbocycles. The Bertz CT molecular complexity index is 564. The first kappa shape index (κ1) is 13.4. The molecule has 0 fully saturated rings. The fourth-order valence-electron chi connectivity index (χ4n) is 1.61. The van der Waals surface area contributed by atoms with Gasteiger partial charge in [-0.25, -0.2) is 4.98 Å². The van der Waals surface area contributed by atoms with Gasteiger partial charge in [0, 0.05) is 20.6 Å². The van der Waals surface area contributed by atoms with Crippen LogP contribution in [-0.4, -0.2) is 46.8 Å². The molecule has 2 rings (SSSR count). The largest absolute Gasteiger partial charge is 0.390 e. The Hall–Kier alpha value is -2.06. The molecule has 0 saturated heterocycles. The van der Waals surface area contributed by atoms with E-state index in [0.717, 1.165) is 0 Å². The van der Waals surface area contributed by atoms with E-state index >= 15 is 0 Å². The van der Waals surface area contributed by atoms with Crippen molar-refractivity contribution in [1.29, 1.82) is 0 Å². The molecule has 6 nitrogen and oxygen atoms in total. The summed E-state index contributed by atoms with van der Waals surface area (Å²) in [6.07, 6.45) is -3.67. The molecule has 19 heavy (non-hydrogen) atoms. The van der Waals surface area contributed by atoms with E-state index in [1.54, 1.807) is 14.1 Å². The first-order valence-electron chi connectivity index (χ1n) is 5.57. The van der Waals surface area contributed by atoms with Crippen LogP contribution in [0.3, 0.4) is 0 Å². The first-order chi connectivity index (χ1) is 8.90. The molecule has 0 saturated carbocycles.